The van der Waals surface area contributed by atoms with Gasteiger partial charge in [-0.05, 0) is 47.7 Å². The van der Waals surface area contributed by atoms with Crippen LogP contribution < -0.4 is 10.1 Å². The number of para-hydroxylation sites is 2. The first-order valence-electron chi connectivity index (χ1n) is 10.5. The van der Waals surface area contributed by atoms with E-state index in [0.717, 1.165) is 51.0 Å². The molecule has 0 bridgehead atoms. The van der Waals surface area contributed by atoms with Gasteiger partial charge in [-0.25, -0.2) is 0 Å². The van der Waals surface area contributed by atoms with E-state index in [1.54, 1.807) is 7.11 Å². The fourth-order valence-corrected chi connectivity index (χ4v) is 3.99. The second kappa shape index (κ2) is 9.43. The van der Waals surface area contributed by atoms with Crippen LogP contribution in [0.5, 0.6) is 5.75 Å². The lowest BCUT2D eigenvalue weighted by Crippen LogP contribution is -2.28. The average molecular weight is 411 g/mol. The van der Waals surface area contributed by atoms with Crippen LogP contribution in [-0.4, -0.2) is 24.5 Å². The number of ether oxygens (including phenoxy) is 1. The summed E-state index contributed by atoms with van der Waals surface area (Å²) in [5.41, 5.74) is 6.07. The van der Waals surface area contributed by atoms with Crippen LogP contribution in [0.25, 0.3) is 22.0 Å². The summed E-state index contributed by atoms with van der Waals surface area (Å²) in [5.74, 6) is 0.838. The van der Waals surface area contributed by atoms with E-state index in [1.165, 1.54) is 0 Å². The minimum absolute atomic E-state index is 0.00717. The summed E-state index contributed by atoms with van der Waals surface area (Å²) < 4.78 is 5.40. The molecule has 0 aliphatic carbocycles. The quantitative estimate of drug-likeness (QED) is 0.460. The van der Waals surface area contributed by atoms with Gasteiger partial charge in [-0.3, -0.25) is 9.78 Å². The van der Waals surface area contributed by atoms with Crippen molar-refractivity contribution >= 4 is 16.8 Å². The Bertz CT molecular complexity index is 1200. The van der Waals surface area contributed by atoms with Gasteiger partial charge in [0.1, 0.15) is 5.75 Å². The smallest absolute Gasteiger partial charge is 0.224 e. The summed E-state index contributed by atoms with van der Waals surface area (Å²) in [4.78, 5) is 17.6. The number of aryl methyl sites for hydroxylation is 1. The topological polar surface area (TPSA) is 51.2 Å². The number of aromatic nitrogens is 1. The van der Waals surface area contributed by atoms with Crippen LogP contribution in [0.1, 0.15) is 16.8 Å². The molecule has 4 nitrogen and oxygen atoms in total. The first kappa shape index (κ1) is 20.6. The zero-order chi connectivity index (χ0) is 21.6. The number of nitrogens with one attached hydrogen (secondary N) is 1. The maximum absolute atomic E-state index is 12.9. The summed E-state index contributed by atoms with van der Waals surface area (Å²) in [6, 6.07) is 26.2. The van der Waals surface area contributed by atoms with Crippen molar-refractivity contribution in [1.82, 2.24) is 10.3 Å². The fourth-order valence-electron chi connectivity index (χ4n) is 3.99. The maximum atomic E-state index is 12.9. The van der Waals surface area contributed by atoms with Crippen molar-refractivity contribution in [3.05, 3.63) is 95.7 Å². The van der Waals surface area contributed by atoms with Gasteiger partial charge in [0.15, 0.2) is 0 Å². The molecule has 0 aliphatic heterocycles. The number of methoxy groups -OCH3 is 1. The predicted molar refractivity (Wildman–Crippen MR) is 125 cm³/mol. The molecule has 0 spiro atoms. The molecule has 1 heterocycles. The SMILES string of the molecule is COc1ccccc1CCNC(=O)Cc1c(C)nc2ccccc2c1-c1ccccc1. The predicted octanol–water partition coefficient (Wildman–Crippen LogP) is 5.12. The molecular formula is C27H26N2O2. The number of hydrogen-bond acceptors (Lipinski definition) is 3. The molecule has 0 unspecified atom stereocenters. The largest absolute Gasteiger partial charge is 0.496 e. The number of benzene rings is 3. The van der Waals surface area contributed by atoms with E-state index in [0.29, 0.717) is 13.0 Å². The summed E-state index contributed by atoms with van der Waals surface area (Å²) in [6.45, 7) is 2.54. The van der Waals surface area contributed by atoms with Crippen molar-refractivity contribution in [3.63, 3.8) is 0 Å². The van der Waals surface area contributed by atoms with Gasteiger partial charge < -0.3 is 10.1 Å². The number of fused-ring (bicyclic) bond motifs is 1. The highest BCUT2D eigenvalue weighted by Crippen LogP contribution is 2.33. The Morgan fingerprint density at radius 2 is 1.65 bits per heavy atom. The molecule has 0 fully saturated rings. The Kier molecular flexibility index (Phi) is 6.27. The van der Waals surface area contributed by atoms with Gasteiger partial charge in [0.25, 0.3) is 0 Å². The summed E-state index contributed by atoms with van der Waals surface area (Å²) >= 11 is 0. The third kappa shape index (κ3) is 4.58. The molecule has 1 N–H and O–H groups in total. The summed E-state index contributed by atoms with van der Waals surface area (Å²) in [6.07, 6.45) is 1.01. The highest BCUT2D eigenvalue weighted by molar-refractivity contribution is 5.98. The molecule has 1 amide bonds. The minimum atomic E-state index is -0.00717. The van der Waals surface area contributed by atoms with Crippen LogP contribution in [-0.2, 0) is 17.6 Å². The van der Waals surface area contributed by atoms with E-state index in [9.17, 15) is 4.79 Å². The Morgan fingerprint density at radius 3 is 2.45 bits per heavy atom. The van der Waals surface area contributed by atoms with E-state index in [1.807, 2.05) is 67.6 Å². The summed E-state index contributed by atoms with van der Waals surface area (Å²) in [5, 5.41) is 4.13. The Balaban J connectivity index is 1.58. The van der Waals surface area contributed by atoms with E-state index in [2.05, 4.69) is 23.5 Å². The highest BCUT2D eigenvalue weighted by atomic mass is 16.5. The van der Waals surface area contributed by atoms with Gasteiger partial charge in [0.2, 0.25) is 5.91 Å². The molecule has 4 heteroatoms. The van der Waals surface area contributed by atoms with Crippen LogP contribution in [0, 0.1) is 6.92 Å². The number of nitrogens with zero attached hydrogens (tertiary/aromatic N) is 1. The van der Waals surface area contributed by atoms with Crippen LogP contribution in [0.15, 0.2) is 78.9 Å². The number of pyridine rings is 1. The number of hydrogen-bond donors (Lipinski definition) is 1. The molecule has 0 saturated carbocycles. The molecule has 4 rings (SSSR count). The standard InChI is InChI=1S/C27H26N2O2/c1-19-23(18-26(30)28-17-16-20-10-6-9-15-25(20)31-2)27(21-11-4-3-5-12-21)22-13-7-8-14-24(22)29-19/h3-15H,16-18H2,1-2H3,(H,28,30). The molecular weight excluding hydrogens is 384 g/mol. The second-order valence-electron chi connectivity index (χ2n) is 7.52. The van der Waals surface area contributed by atoms with E-state index in [-0.39, 0.29) is 5.91 Å². The normalized spacial score (nSPS) is 10.8. The lowest BCUT2D eigenvalue weighted by atomic mass is 9.92. The molecule has 4 aromatic rings. The zero-order valence-electron chi connectivity index (χ0n) is 17.9. The van der Waals surface area contributed by atoms with E-state index >= 15 is 0 Å². The van der Waals surface area contributed by atoms with Crippen LogP contribution in [0.3, 0.4) is 0 Å². The van der Waals surface area contributed by atoms with Crippen molar-refractivity contribution in [3.8, 4) is 16.9 Å². The third-order valence-corrected chi connectivity index (χ3v) is 5.51. The number of rotatable bonds is 7. The van der Waals surface area contributed by atoms with Gasteiger partial charge in [0.05, 0.1) is 19.0 Å². The molecule has 3 aromatic carbocycles. The second-order valence-corrected chi connectivity index (χ2v) is 7.52. The minimum Gasteiger partial charge on any atom is -0.496 e. The number of carbonyl (C=O) groups excluding carboxylic acids is 1. The molecule has 156 valence electrons. The average Bonchev–Trinajstić information content (AvgIpc) is 2.80. The van der Waals surface area contributed by atoms with Crippen molar-refractivity contribution < 1.29 is 9.53 Å². The molecule has 0 radical (unpaired) electrons. The van der Waals surface area contributed by atoms with E-state index < -0.39 is 0 Å². The van der Waals surface area contributed by atoms with Crippen LogP contribution >= 0.6 is 0 Å². The van der Waals surface area contributed by atoms with Crippen molar-refractivity contribution in [2.75, 3.05) is 13.7 Å². The Morgan fingerprint density at radius 1 is 0.935 bits per heavy atom. The maximum Gasteiger partial charge on any atom is 0.224 e. The molecule has 0 saturated heterocycles. The monoisotopic (exact) mass is 410 g/mol. The van der Waals surface area contributed by atoms with Gasteiger partial charge in [-0.2, -0.15) is 0 Å². The van der Waals surface area contributed by atoms with Crippen molar-refractivity contribution in [2.45, 2.75) is 19.8 Å². The van der Waals surface area contributed by atoms with Crippen molar-refractivity contribution in [1.29, 1.82) is 0 Å². The first-order valence-corrected chi connectivity index (χ1v) is 10.5. The zero-order valence-corrected chi connectivity index (χ0v) is 17.9. The molecule has 0 aliphatic rings. The van der Waals surface area contributed by atoms with Crippen LogP contribution in [0.4, 0.5) is 0 Å². The van der Waals surface area contributed by atoms with Gasteiger partial charge in [0, 0.05) is 17.6 Å². The van der Waals surface area contributed by atoms with Gasteiger partial charge in [-0.1, -0.05) is 66.7 Å². The Labute approximate surface area is 182 Å². The number of amides is 1. The fraction of sp³-hybridized carbons (Fsp3) is 0.185. The number of carbonyl (C=O) groups is 1. The molecule has 0 atom stereocenters. The lowest BCUT2D eigenvalue weighted by Gasteiger charge is -2.16. The molecule has 31 heavy (non-hydrogen) atoms. The van der Waals surface area contributed by atoms with Gasteiger partial charge in [-0.15, -0.1) is 0 Å². The molecule has 1 aromatic heterocycles. The highest BCUT2D eigenvalue weighted by Gasteiger charge is 2.17. The van der Waals surface area contributed by atoms with Crippen molar-refractivity contribution in [2.24, 2.45) is 0 Å². The first-order chi connectivity index (χ1) is 15.2. The van der Waals surface area contributed by atoms with Crippen LogP contribution in [0.2, 0.25) is 0 Å². The lowest BCUT2D eigenvalue weighted by molar-refractivity contribution is -0.120. The van der Waals surface area contributed by atoms with Gasteiger partial charge >= 0.3 is 0 Å². The Hall–Kier alpha value is -3.66. The third-order valence-electron chi connectivity index (χ3n) is 5.51. The summed E-state index contributed by atoms with van der Waals surface area (Å²) in [7, 11) is 1.66. The van der Waals surface area contributed by atoms with E-state index in [4.69, 9.17) is 9.72 Å².